The van der Waals surface area contributed by atoms with Gasteiger partial charge < -0.3 is 40.8 Å². The maximum absolute atomic E-state index is 12.5. The SMILES string of the molecule is NC(=O)OC[C@@H]1[C@H](NC(=O)C(=NOCC(=O)[O-])c2csc(N)n2)C(=O)N1S(=O)(=O)[O-].[Na+].[Na+]. The Balaban J connectivity index is 0.00000480. The molecule has 20 heteroatoms. The molecule has 1 aliphatic rings. The second kappa shape index (κ2) is 12.7. The van der Waals surface area contributed by atoms with Crippen molar-refractivity contribution in [1.82, 2.24) is 14.6 Å². The average molecular weight is 510 g/mol. The first-order chi connectivity index (χ1) is 13.9. The van der Waals surface area contributed by atoms with Crippen LogP contribution in [0.25, 0.3) is 0 Å². The summed E-state index contributed by atoms with van der Waals surface area (Å²) in [6, 6.07) is -3.20. The third-order valence-corrected chi connectivity index (χ3v) is 5.02. The first-order valence-corrected chi connectivity index (χ1v) is 9.79. The Bertz CT molecular complexity index is 1020. The Kier molecular flexibility index (Phi) is 12.1. The number of aliphatic carboxylic acids is 1. The predicted octanol–water partition coefficient (Wildman–Crippen LogP) is -10.5. The van der Waals surface area contributed by atoms with E-state index >= 15 is 0 Å². The summed E-state index contributed by atoms with van der Waals surface area (Å²) in [5, 5.41) is 17.1. The molecule has 5 N–H and O–H groups in total. The quantitative estimate of drug-likeness (QED) is 0.0919. The molecular weight excluding hydrogens is 498 g/mol. The van der Waals surface area contributed by atoms with Crippen molar-refractivity contribution in [1.29, 1.82) is 0 Å². The number of amides is 3. The van der Waals surface area contributed by atoms with E-state index in [4.69, 9.17) is 11.5 Å². The van der Waals surface area contributed by atoms with E-state index in [1.54, 1.807) is 0 Å². The third-order valence-electron chi connectivity index (χ3n) is 3.41. The minimum atomic E-state index is -5.28. The molecule has 3 amide bonds. The number of β-lactam (4-membered cyclic amide) rings is 1. The van der Waals surface area contributed by atoms with Crippen LogP contribution in [0.15, 0.2) is 10.5 Å². The van der Waals surface area contributed by atoms with Crippen molar-refractivity contribution in [3.05, 3.63) is 11.1 Å². The number of nitrogen functional groups attached to an aromatic ring is 1. The van der Waals surface area contributed by atoms with Crippen molar-refractivity contribution in [2.45, 2.75) is 12.1 Å². The second-order valence-corrected chi connectivity index (χ2v) is 7.54. The Labute approximate surface area is 228 Å². The summed E-state index contributed by atoms with van der Waals surface area (Å²) >= 11 is 0.899. The van der Waals surface area contributed by atoms with E-state index in [-0.39, 0.29) is 74.2 Å². The summed E-state index contributed by atoms with van der Waals surface area (Å²) in [4.78, 5) is 54.0. The van der Waals surface area contributed by atoms with E-state index in [2.05, 4.69) is 25.0 Å². The summed E-state index contributed by atoms with van der Waals surface area (Å²) in [7, 11) is -5.28. The smallest absolute Gasteiger partial charge is 0.731 e. The zero-order valence-corrected chi connectivity index (χ0v) is 22.2. The number of thiazole rings is 1. The van der Waals surface area contributed by atoms with Crippen LogP contribution in [0.2, 0.25) is 0 Å². The van der Waals surface area contributed by atoms with Crippen molar-refractivity contribution in [2.24, 2.45) is 10.9 Å². The van der Waals surface area contributed by atoms with Crippen LogP contribution in [0, 0.1) is 0 Å². The number of carbonyl (C=O) groups is 4. The fraction of sp³-hybridized carbons (Fsp3) is 0.333. The van der Waals surface area contributed by atoms with Gasteiger partial charge in [-0.3, -0.25) is 9.59 Å². The van der Waals surface area contributed by atoms with Gasteiger partial charge in [-0.1, -0.05) is 5.16 Å². The monoisotopic (exact) mass is 510 g/mol. The maximum atomic E-state index is 12.5. The minimum Gasteiger partial charge on any atom is -0.731 e. The van der Waals surface area contributed by atoms with Gasteiger partial charge in [0, 0.05) is 5.38 Å². The molecule has 0 saturated carbocycles. The van der Waals surface area contributed by atoms with Gasteiger partial charge >= 0.3 is 65.2 Å². The molecule has 2 heterocycles. The van der Waals surface area contributed by atoms with E-state index in [9.17, 15) is 37.3 Å². The van der Waals surface area contributed by atoms with Crippen LogP contribution in [0.4, 0.5) is 9.93 Å². The van der Waals surface area contributed by atoms with Crippen molar-refractivity contribution in [2.75, 3.05) is 18.9 Å². The van der Waals surface area contributed by atoms with Crippen LogP contribution in [0.5, 0.6) is 0 Å². The van der Waals surface area contributed by atoms with Crippen LogP contribution in [0.3, 0.4) is 0 Å². The van der Waals surface area contributed by atoms with E-state index in [1.165, 1.54) is 5.38 Å². The van der Waals surface area contributed by atoms with Crippen molar-refractivity contribution < 1.29 is 106 Å². The van der Waals surface area contributed by atoms with Gasteiger partial charge in [0.1, 0.15) is 24.4 Å². The van der Waals surface area contributed by atoms with E-state index in [1.807, 2.05) is 0 Å². The van der Waals surface area contributed by atoms with E-state index < -0.39 is 65.2 Å². The molecule has 1 aliphatic heterocycles. The maximum Gasteiger partial charge on any atom is 1.00 e. The van der Waals surface area contributed by atoms with Crippen LogP contribution in [-0.2, 0) is 34.3 Å². The number of nitrogens with zero attached hydrogens (tertiary/aromatic N) is 3. The second-order valence-electron chi connectivity index (χ2n) is 5.40. The van der Waals surface area contributed by atoms with Crippen LogP contribution in [-0.4, -0.2) is 77.1 Å². The minimum absolute atomic E-state index is 0. The zero-order valence-electron chi connectivity index (χ0n) is 16.5. The Morgan fingerprint density at radius 1 is 1.34 bits per heavy atom. The van der Waals surface area contributed by atoms with E-state index in [0.717, 1.165) is 11.3 Å². The number of carboxylic acids is 1. The van der Waals surface area contributed by atoms with Crippen LogP contribution in [0.1, 0.15) is 5.69 Å². The van der Waals surface area contributed by atoms with Gasteiger partial charge in [0.15, 0.2) is 27.8 Å². The molecule has 0 bridgehead atoms. The first-order valence-electron chi connectivity index (χ1n) is 7.55. The average Bonchev–Trinajstić information content (AvgIpc) is 3.04. The summed E-state index contributed by atoms with van der Waals surface area (Å²) in [6.45, 7) is -1.83. The molecule has 1 saturated heterocycles. The molecule has 0 spiro atoms. The summed E-state index contributed by atoms with van der Waals surface area (Å²) < 4.78 is 37.9. The predicted molar refractivity (Wildman–Crippen MR) is 91.8 cm³/mol. The number of nitrogens with one attached hydrogen (secondary N) is 1. The molecule has 16 nitrogen and oxygen atoms in total. The van der Waals surface area contributed by atoms with Gasteiger partial charge in [-0.05, 0) is 0 Å². The number of anilines is 1. The molecule has 32 heavy (non-hydrogen) atoms. The summed E-state index contributed by atoms with van der Waals surface area (Å²) in [5.41, 5.74) is 9.47. The van der Waals surface area contributed by atoms with Gasteiger partial charge in [-0.2, -0.15) is 0 Å². The molecule has 0 radical (unpaired) electrons. The zero-order chi connectivity index (χ0) is 22.6. The number of aromatic nitrogens is 1. The molecule has 0 unspecified atom stereocenters. The van der Waals surface area contributed by atoms with Crippen molar-refractivity contribution >= 4 is 56.4 Å². The number of hydrogen-bond donors (Lipinski definition) is 3. The fourth-order valence-electron chi connectivity index (χ4n) is 2.24. The number of primary amides is 1. The molecule has 1 fully saturated rings. The normalized spacial score (nSPS) is 17.8. The third kappa shape index (κ3) is 7.81. The number of hydrogen-bond acceptors (Lipinski definition) is 14. The molecular formula is C12H12N6Na2O10S2. The standard InChI is InChI=1S/C12H14N6O10S2.2Na/c13-11-15-4(3-29-11)7(17-28-2-6(19)20)9(21)16-8-5(1-27-12(14)23)18(10(8)22)30(24,25)26;;/h3,5,8H,1-2H2,(H2,13,15)(H2,14,23)(H,16,21)(H,19,20)(H,24,25,26);;/q;2*+1/p-2/t5-,8+;;/m1../s1. The first kappa shape index (κ1) is 30.5. The summed E-state index contributed by atoms with van der Waals surface area (Å²) in [5.74, 6) is -4.13. The van der Waals surface area contributed by atoms with Crippen molar-refractivity contribution in [3.63, 3.8) is 0 Å². The van der Waals surface area contributed by atoms with Gasteiger partial charge in [-0.15, -0.1) is 11.3 Å². The molecule has 2 atom stereocenters. The largest absolute Gasteiger partial charge is 1.00 e. The van der Waals surface area contributed by atoms with Crippen LogP contribution < -0.4 is 81.0 Å². The Hall–Kier alpha value is -1.51. The molecule has 2 rings (SSSR count). The number of carbonyl (C=O) groups excluding carboxylic acids is 4. The Morgan fingerprint density at radius 3 is 2.44 bits per heavy atom. The van der Waals surface area contributed by atoms with E-state index in [0.29, 0.717) is 0 Å². The van der Waals surface area contributed by atoms with Gasteiger partial charge in [0.2, 0.25) is 0 Å². The van der Waals surface area contributed by atoms with Gasteiger partial charge in [0.25, 0.3) is 11.8 Å². The number of carboxylic acid groups (broad SMARTS) is 1. The molecule has 0 aliphatic carbocycles. The van der Waals surface area contributed by atoms with Crippen LogP contribution >= 0.6 is 11.3 Å². The number of oxime groups is 1. The summed E-state index contributed by atoms with van der Waals surface area (Å²) in [6.07, 6.45) is -1.32. The van der Waals surface area contributed by atoms with Gasteiger partial charge in [0.05, 0.1) is 5.97 Å². The fourth-order valence-corrected chi connectivity index (χ4v) is 3.64. The topological polar surface area (TPSA) is 260 Å². The number of nitrogens with two attached hydrogens (primary N) is 2. The molecule has 164 valence electrons. The number of rotatable bonds is 9. The molecule has 1 aromatic rings. The molecule has 0 aromatic carbocycles. The Morgan fingerprint density at radius 2 is 1.97 bits per heavy atom. The van der Waals surface area contributed by atoms with Crippen molar-refractivity contribution in [3.8, 4) is 0 Å². The number of ether oxygens (including phenoxy) is 1. The molecule has 1 aromatic heterocycles. The van der Waals surface area contributed by atoms with Gasteiger partial charge in [-0.25, -0.2) is 22.5 Å².